The van der Waals surface area contributed by atoms with Crippen molar-refractivity contribution in [2.75, 3.05) is 13.7 Å². The summed E-state index contributed by atoms with van der Waals surface area (Å²) in [6.07, 6.45) is 6.08. The van der Waals surface area contributed by atoms with E-state index in [1.54, 1.807) is 43.6 Å². The van der Waals surface area contributed by atoms with Crippen molar-refractivity contribution in [2.45, 2.75) is 39.2 Å². The molecule has 0 N–H and O–H groups in total. The molecule has 0 radical (unpaired) electrons. The van der Waals surface area contributed by atoms with E-state index < -0.39 is 12.1 Å². The Hall–Kier alpha value is -2.47. The topological polar surface area (TPSA) is 70.5 Å². The third-order valence-electron chi connectivity index (χ3n) is 3.66. The standard InChI is InChI=1S/C19H24N2O4/c1-4-5-6-11-24-17-12-20-18(21-13-17)15-7-9-16(10-8-15)25-19(22)14(2)23-3/h7-10,12-14H,4-6,11H2,1-3H3. The molecule has 134 valence electrons. The number of carbonyl (C=O) groups excluding carboxylic acids is 1. The lowest BCUT2D eigenvalue weighted by Crippen LogP contribution is -2.24. The lowest BCUT2D eigenvalue weighted by Gasteiger charge is -2.09. The Morgan fingerprint density at radius 1 is 1.08 bits per heavy atom. The van der Waals surface area contributed by atoms with E-state index in [4.69, 9.17) is 14.2 Å². The smallest absolute Gasteiger partial charge is 0.340 e. The molecule has 0 bridgehead atoms. The second kappa shape index (κ2) is 9.74. The van der Waals surface area contributed by atoms with Gasteiger partial charge in [0.25, 0.3) is 0 Å². The van der Waals surface area contributed by atoms with Crippen LogP contribution in [0.4, 0.5) is 0 Å². The number of unbranched alkanes of at least 4 members (excludes halogenated alkanes) is 2. The minimum absolute atomic E-state index is 0.434. The molecule has 6 nitrogen and oxygen atoms in total. The van der Waals surface area contributed by atoms with Gasteiger partial charge in [0.1, 0.15) is 5.75 Å². The van der Waals surface area contributed by atoms with E-state index in [-0.39, 0.29) is 0 Å². The van der Waals surface area contributed by atoms with Gasteiger partial charge < -0.3 is 14.2 Å². The van der Waals surface area contributed by atoms with Crippen LogP contribution in [0.3, 0.4) is 0 Å². The highest BCUT2D eigenvalue weighted by molar-refractivity contribution is 5.77. The summed E-state index contributed by atoms with van der Waals surface area (Å²) in [5.41, 5.74) is 0.831. The number of nitrogens with zero attached hydrogens (tertiary/aromatic N) is 2. The summed E-state index contributed by atoms with van der Waals surface area (Å²) in [4.78, 5) is 20.3. The highest BCUT2D eigenvalue weighted by Gasteiger charge is 2.14. The monoisotopic (exact) mass is 344 g/mol. The number of ether oxygens (including phenoxy) is 3. The van der Waals surface area contributed by atoms with Crippen LogP contribution in [0.15, 0.2) is 36.7 Å². The van der Waals surface area contributed by atoms with Crippen molar-refractivity contribution >= 4 is 5.97 Å². The first kappa shape index (κ1) is 18.9. The van der Waals surface area contributed by atoms with E-state index in [9.17, 15) is 4.79 Å². The maximum absolute atomic E-state index is 11.7. The molecule has 1 unspecified atom stereocenters. The Morgan fingerprint density at radius 2 is 1.76 bits per heavy atom. The molecule has 0 aliphatic rings. The number of hydrogen-bond acceptors (Lipinski definition) is 6. The highest BCUT2D eigenvalue weighted by Crippen LogP contribution is 2.21. The van der Waals surface area contributed by atoms with Crippen LogP contribution in [0.25, 0.3) is 11.4 Å². The Bertz CT molecular complexity index is 656. The van der Waals surface area contributed by atoms with Gasteiger partial charge in [-0.05, 0) is 37.6 Å². The zero-order valence-corrected chi connectivity index (χ0v) is 14.9. The molecule has 25 heavy (non-hydrogen) atoms. The Labute approximate surface area is 148 Å². The number of methoxy groups -OCH3 is 1. The summed E-state index contributed by atoms with van der Waals surface area (Å²) < 4.78 is 15.7. The van der Waals surface area contributed by atoms with E-state index in [1.807, 2.05) is 0 Å². The van der Waals surface area contributed by atoms with Crippen molar-refractivity contribution in [3.8, 4) is 22.9 Å². The molecule has 0 saturated carbocycles. The quantitative estimate of drug-likeness (QED) is 0.393. The van der Waals surface area contributed by atoms with Gasteiger partial charge in [0.15, 0.2) is 17.7 Å². The summed E-state index contributed by atoms with van der Waals surface area (Å²) in [5.74, 6) is 1.27. The molecule has 0 amide bonds. The molecule has 6 heteroatoms. The van der Waals surface area contributed by atoms with Crippen LogP contribution in [0.2, 0.25) is 0 Å². The van der Waals surface area contributed by atoms with Gasteiger partial charge in [-0.3, -0.25) is 0 Å². The second-order valence-corrected chi connectivity index (χ2v) is 5.62. The van der Waals surface area contributed by atoms with Crippen molar-refractivity contribution < 1.29 is 19.0 Å². The second-order valence-electron chi connectivity index (χ2n) is 5.62. The van der Waals surface area contributed by atoms with E-state index >= 15 is 0 Å². The molecule has 0 fully saturated rings. The number of carbonyl (C=O) groups is 1. The van der Waals surface area contributed by atoms with Crippen molar-refractivity contribution in [1.82, 2.24) is 9.97 Å². The maximum atomic E-state index is 11.7. The molecule has 2 rings (SSSR count). The van der Waals surface area contributed by atoms with E-state index in [2.05, 4.69) is 16.9 Å². The van der Waals surface area contributed by atoms with Gasteiger partial charge >= 0.3 is 5.97 Å². The molecule has 0 aliphatic carbocycles. The minimum Gasteiger partial charge on any atom is -0.490 e. The molecule has 1 aromatic carbocycles. The van der Waals surface area contributed by atoms with Crippen molar-refractivity contribution in [2.24, 2.45) is 0 Å². The average molecular weight is 344 g/mol. The van der Waals surface area contributed by atoms with Crippen molar-refractivity contribution in [3.05, 3.63) is 36.7 Å². The lowest BCUT2D eigenvalue weighted by molar-refractivity contribution is -0.144. The third kappa shape index (κ3) is 5.83. The predicted molar refractivity (Wildman–Crippen MR) is 94.6 cm³/mol. The number of hydrogen-bond donors (Lipinski definition) is 0. The Kier molecular flexibility index (Phi) is 7.35. The summed E-state index contributed by atoms with van der Waals surface area (Å²) >= 11 is 0. The Morgan fingerprint density at radius 3 is 2.36 bits per heavy atom. The van der Waals surface area contributed by atoms with Crippen molar-refractivity contribution in [1.29, 1.82) is 0 Å². The van der Waals surface area contributed by atoms with E-state index in [0.717, 1.165) is 24.8 Å². The fraction of sp³-hybridized carbons (Fsp3) is 0.421. The molecule has 0 aliphatic heterocycles. The van der Waals surface area contributed by atoms with Crippen LogP contribution in [-0.2, 0) is 9.53 Å². The zero-order valence-electron chi connectivity index (χ0n) is 14.9. The molecule has 1 aromatic heterocycles. The summed E-state index contributed by atoms with van der Waals surface area (Å²) in [5, 5.41) is 0. The fourth-order valence-corrected chi connectivity index (χ4v) is 2.05. The third-order valence-corrected chi connectivity index (χ3v) is 3.66. The first-order chi connectivity index (χ1) is 12.1. The van der Waals surface area contributed by atoms with E-state index in [0.29, 0.717) is 23.9 Å². The summed E-state index contributed by atoms with van der Waals surface area (Å²) in [7, 11) is 1.46. The number of aromatic nitrogens is 2. The largest absolute Gasteiger partial charge is 0.490 e. The van der Waals surface area contributed by atoms with Gasteiger partial charge in [0.2, 0.25) is 0 Å². The molecule has 1 atom stereocenters. The van der Waals surface area contributed by atoms with Crippen LogP contribution in [-0.4, -0.2) is 35.8 Å². The normalized spacial score (nSPS) is 11.8. The van der Waals surface area contributed by atoms with Gasteiger partial charge in [0, 0.05) is 12.7 Å². The van der Waals surface area contributed by atoms with Crippen molar-refractivity contribution in [3.63, 3.8) is 0 Å². The number of esters is 1. The van der Waals surface area contributed by atoms with Crippen LogP contribution in [0.1, 0.15) is 33.1 Å². The molecule has 1 heterocycles. The molecule has 0 saturated heterocycles. The molecule has 0 spiro atoms. The first-order valence-corrected chi connectivity index (χ1v) is 8.43. The number of rotatable bonds is 9. The summed E-state index contributed by atoms with van der Waals surface area (Å²) in [6, 6.07) is 7.01. The van der Waals surface area contributed by atoms with Gasteiger partial charge in [-0.25, -0.2) is 14.8 Å². The highest BCUT2D eigenvalue weighted by atomic mass is 16.6. The van der Waals surface area contributed by atoms with Crippen LogP contribution >= 0.6 is 0 Å². The average Bonchev–Trinajstić information content (AvgIpc) is 2.65. The van der Waals surface area contributed by atoms with Gasteiger partial charge in [-0.2, -0.15) is 0 Å². The minimum atomic E-state index is -0.604. The first-order valence-electron chi connectivity index (χ1n) is 8.43. The maximum Gasteiger partial charge on any atom is 0.340 e. The zero-order chi connectivity index (χ0) is 18.1. The van der Waals surface area contributed by atoms with Crippen LogP contribution in [0.5, 0.6) is 11.5 Å². The van der Waals surface area contributed by atoms with E-state index in [1.165, 1.54) is 7.11 Å². The number of benzene rings is 1. The molecular weight excluding hydrogens is 320 g/mol. The lowest BCUT2D eigenvalue weighted by atomic mass is 10.2. The molecular formula is C19H24N2O4. The van der Waals surface area contributed by atoms with Crippen LogP contribution < -0.4 is 9.47 Å². The van der Waals surface area contributed by atoms with Gasteiger partial charge in [-0.1, -0.05) is 19.8 Å². The van der Waals surface area contributed by atoms with Crippen LogP contribution in [0, 0.1) is 0 Å². The SMILES string of the molecule is CCCCCOc1cnc(-c2ccc(OC(=O)C(C)OC)cc2)nc1. The molecule has 2 aromatic rings. The Balaban J connectivity index is 1.94. The van der Waals surface area contributed by atoms with Gasteiger partial charge in [-0.15, -0.1) is 0 Å². The van der Waals surface area contributed by atoms with Gasteiger partial charge in [0.05, 0.1) is 19.0 Å². The predicted octanol–water partition coefficient (Wildman–Crippen LogP) is 3.65. The summed E-state index contributed by atoms with van der Waals surface area (Å²) in [6.45, 7) is 4.47. The fourth-order valence-electron chi connectivity index (χ4n) is 2.05.